The molecule has 24 heavy (non-hydrogen) atoms. The van der Waals surface area contributed by atoms with Crippen LogP contribution in [0, 0.1) is 11.7 Å². The molecule has 132 valence electrons. The summed E-state index contributed by atoms with van der Waals surface area (Å²) in [5, 5.41) is 2.91. The van der Waals surface area contributed by atoms with Crippen LogP contribution in [0.25, 0.3) is 0 Å². The molecule has 1 aromatic carbocycles. The summed E-state index contributed by atoms with van der Waals surface area (Å²) < 4.78 is 18.3. The number of halogens is 1. The first-order chi connectivity index (χ1) is 11.4. The maximum absolute atomic E-state index is 13.0. The molecule has 0 bridgehead atoms. The fourth-order valence-corrected chi connectivity index (χ4v) is 2.73. The summed E-state index contributed by atoms with van der Waals surface area (Å²) >= 11 is 0. The number of nitrogens with one attached hydrogen (secondary N) is 1. The number of carbonyl (C=O) groups is 2. The van der Waals surface area contributed by atoms with Gasteiger partial charge in [0.05, 0.1) is 0 Å². The number of ether oxygens (including phenoxy) is 1. The lowest BCUT2D eigenvalue weighted by atomic mass is 10.0. The van der Waals surface area contributed by atoms with Gasteiger partial charge in [0.25, 0.3) is 5.91 Å². The number of hydrogen-bond donors (Lipinski definition) is 1. The number of rotatable bonds is 6. The highest BCUT2D eigenvalue weighted by molar-refractivity contribution is 5.78. The maximum atomic E-state index is 13.0. The summed E-state index contributed by atoms with van der Waals surface area (Å²) in [6.07, 6.45) is 2.06. The van der Waals surface area contributed by atoms with Crippen molar-refractivity contribution in [3.8, 4) is 5.75 Å². The summed E-state index contributed by atoms with van der Waals surface area (Å²) in [5.74, 6) is 0.246. The van der Waals surface area contributed by atoms with E-state index in [0.717, 1.165) is 12.8 Å². The SMILES string of the molecule is CC(C)CC(=O)N1CCC(NC(=O)COc2cccc(F)c2)CC1. The van der Waals surface area contributed by atoms with Gasteiger partial charge in [-0.1, -0.05) is 19.9 Å². The first-order valence-corrected chi connectivity index (χ1v) is 8.39. The van der Waals surface area contributed by atoms with Crippen LogP contribution in [0.1, 0.15) is 33.1 Å². The summed E-state index contributed by atoms with van der Waals surface area (Å²) in [4.78, 5) is 25.8. The van der Waals surface area contributed by atoms with E-state index in [1.165, 1.54) is 18.2 Å². The van der Waals surface area contributed by atoms with Gasteiger partial charge in [0.15, 0.2) is 6.61 Å². The number of amides is 2. The molecule has 5 nitrogen and oxygen atoms in total. The number of carbonyl (C=O) groups excluding carboxylic acids is 2. The summed E-state index contributed by atoms with van der Waals surface area (Å²) in [7, 11) is 0. The molecule has 1 aliphatic heterocycles. The molecule has 6 heteroatoms. The topological polar surface area (TPSA) is 58.6 Å². The second kappa shape index (κ2) is 8.66. The molecule has 1 aliphatic rings. The van der Waals surface area contributed by atoms with Crippen LogP contribution in [0.3, 0.4) is 0 Å². The minimum Gasteiger partial charge on any atom is -0.484 e. The highest BCUT2D eigenvalue weighted by Crippen LogP contribution is 2.14. The normalized spacial score (nSPS) is 15.4. The quantitative estimate of drug-likeness (QED) is 0.867. The van der Waals surface area contributed by atoms with Crippen LogP contribution in [-0.4, -0.2) is 42.5 Å². The van der Waals surface area contributed by atoms with E-state index in [4.69, 9.17) is 4.74 Å². The van der Waals surface area contributed by atoms with E-state index in [0.29, 0.717) is 31.2 Å². The van der Waals surface area contributed by atoms with Crippen molar-refractivity contribution in [1.82, 2.24) is 10.2 Å². The van der Waals surface area contributed by atoms with Gasteiger partial charge in [-0.05, 0) is 30.9 Å². The standard InChI is InChI=1S/C18H25FN2O3/c1-13(2)10-18(23)21-8-6-15(7-9-21)20-17(22)12-24-16-5-3-4-14(19)11-16/h3-5,11,13,15H,6-10,12H2,1-2H3,(H,20,22). The van der Waals surface area contributed by atoms with Gasteiger partial charge in [0, 0.05) is 31.6 Å². The van der Waals surface area contributed by atoms with Crippen molar-refractivity contribution in [1.29, 1.82) is 0 Å². The van der Waals surface area contributed by atoms with Gasteiger partial charge in [0.2, 0.25) is 5.91 Å². The van der Waals surface area contributed by atoms with E-state index in [1.807, 2.05) is 18.7 Å². The molecule has 0 spiro atoms. The second-order valence-electron chi connectivity index (χ2n) is 6.57. The maximum Gasteiger partial charge on any atom is 0.258 e. The van der Waals surface area contributed by atoms with Crippen molar-refractivity contribution in [2.24, 2.45) is 5.92 Å². The number of nitrogens with zero attached hydrogens (tertiary/aromatic N) is 1. The zero-order valence-electron chi connectivity index (χ0n) is 14.3. The van der Waals surface area contributed by atoms with Gasteiger partial charge in [-0.25, -0.2) is 4.39 Å². The van der Waals surface area contributed by atoms with E-state index in [9.17, 15) is 14.0 Å². The summed E-state index contributed by atoms with van der Waals surface area (Å²) in [5.41, 5.74) is 0. The molecule has 1 saturated heterocycles. The molecule has 0 aromatic heterocycles. The minimum atomic E-state index is -0.397. The van der Waals surface area contributed by atoms with Crippen LogP contribution in [0.5, 0.6) is 5.75 Å². The Hall–Kier alpha value is -2.11. The fourth-order valence-electron chi connectivity index (χ4n) is 2.73. The van der Waals surface area contributed by atoms with Crippen molar-refractivity contribution < 1.29 is 18.7 Å². The molecule has 1 N–H and O–H groups in total. The fraction of sp³-hybridized carbons (Fsp3) is 0.556. The number of likely N-dealkylation sites (tertiary alicyclic amines) is 1. The average molecular weight is 336 g/mol. The van der Waals surface area contributed by atoms with Crippen LogP contribution in [-0.2, 0) is 9.59 Å². The molecule has 0 atom stereocenters. The molecule has 0 unspecified atom stereocenters. The van der Waals surface area contributed by atoms with Gasteiger partial charge in [-0.2, -0.15) is 0 Å². The number of piperidine rings is 1. The summed E-state index contributed by atoms with van der Waals surface area (Å²) in [6, 6.07) is 5.76. The third kappa shape index (κ3) is 5.83. The monoisotopic (exact) mass is 336 g/mol. The van der Waals surface area contributed by atoms with Gasteiger partial charge >= 0.3 is 0 Å². The van der Waals surface area contributed by atoms with Crippen LogP contribution in [0.4, 0.5) is 4.39 Å². The minimum absolute atomic E-state index is 0.0525. The Bertz CT molecular complexity index is 569. The first-order valence-electron chi connectivity index (χ1n) is 8.39. The van der Waals surface area contributed by atoms with Gasteiger partial charge in [0.1, 0.15) is 11.6 Å². The molecular weight excluding hydrogens is 311 g/mol. The second-order valence-corrected chi connectivity index (χ2v) is 6.57. The van der Waals surface area contributed by atoms with Gasteiger partial charge in [-0.3, -0.25) is 9.59 Å². The lowest BCUT2D eigenvalue weighted by molar-refractivity contribution is -0.133. The zero-order chi connectivity index (χ0) is 17.5. The number of benzene rings is 1. The molecule has 0 aliphatic carbocycles. The lowest BCUT2D eigenvalue weighted by Crippen LogP contribution is -2.47. The predicted octanol–water partition coefficient (Wildman–Crippen LogP) is 2.36. The van der Waals surface area contributed by atoms with E-state index in [-0.39, 0.29) is 24.5 Å². The van der Waals surface area contributed by atoms with E-state index in [2.05, 4.69) is 5.32 Å². The molecule has 2 rings (SSSR count). The average Bonchev–Trinajstić information content (AvgIpc) is 2.53. The number of hydrogen-bond acceptors (Lipinski definition) is 3. The molecule has 1 aromatic rings. The Morgan fingerprint density at radius 3 is 2.67 bits per heavy atom. The Labute approximate surface area is 142 Å². The lowest BCUT2D eigenvalue weighted by Gasteiger charge is -2.32. The van der Waals surface area contributed by atoms with Crippen LogP contribution < -0.4 is 10.1 Å². The Morgan fingerprint density at radius 1 is 1.33 bits per heavy atom. The molecule has 0 saturated carbocycles. The van der Waals surface area contributed by atoms with Crippen molar-refractivity contribution in [2.75, 3.05) is 19.7 Å². The Kier molecular flexibility index (Phi) is 6.58. The highest BCUT2D eigenvalue weighted by Gasteiger charge is 2.24. The molecule has 0 radical (unpaired) electrons. The smallest absolute Gasteiger partial charge is 0.258 e. The van der Waals surface area contributed by atoms with Crippen molar-refractivity contribution in [3.63, 3.8) is 0 Å². The predicted molar refractivity (Wildman–Crippen MR) is 89.1 cm³/mol. The van der Waals surface area contributed by atoms with Crippen LogP contribution >= 0.6 is 0 Å². The molecule has 1 heterocycles. The van der Waals surface area contributed by atoms with Gasteiger partial charge in [-0.15, -0.1) is 0 Å². The van der Waals surface area contributed by atoms with Crippen molar-refractivity contribution >= 4 is 11.8 Å². The van der Waals surface area contributed by atoms with E-state index < -0.39 is 5.82 Å². The Balaban J connectivity index is 1.69. The Morgan fingerprint density at radius 2 is 2.04 bits per heavy atom. The van der Waals surface area contributed by atoms with Crippen LogP contribution in [0.2, 0.25) is 0 Å². The molecule has 2 amide bonds. The van der Waals surface area contributed by atoms with Crippen molar-refractivity contribution in [2.45, 2.75) is 39.2 Å². The van der Waals surface area contributed by atoms with E-state index >= 15 is 0 Å². The molecule has 1 fully saturated rings. The zero-order valence-corrected chi connectivity index (χ0v) is 14.3. The molecular formula is C18H25FN2O3. The van der Waals surface area contributed by atoms with Crippen molar-refractivity contribution in [3.05, 3.63) is 30.1 Å². The third-order valence-corrected chi connectivity index (χ3v) is 3.96. The summed E-state index contributed by atoms with van der Waals surface area (Å²) in [6.45, 7) is 5.26. The largest absolute Gasteiger partial charge is 0.484 e. The first kappa shape index (κ1) is 18.2. The highest BCUT2D eigenvalue weighted by atomic mass is 19.1. The van der Waals surface area contributed by atoms with Crippen LogP contribution in [0.15, 0.2) is 24.3 Å². The van der Waals surface area contributed by atoms with E-state index in [1.54, 1.807) is 6.07 Å². The third-order valence-electron chi connectivity index (χ3n) is 3.96. The van der Waals surface area contributed by atoms with Gasteiger partial charge < -0.3 is 15.0 Å².